The highest BCUT2D eigenvalue weighted by Crippen LogP contribution is 2.12. The molecule has 0 radical (unpaired) electrons. The molecule has 1 aliphatic heterocycles. The summed E-state index contributed by atoms with van der Waals surface area (Å²) in [6.07, 6.45) is 0. The van der Waals surface area contributed by atoms with Gasteiger partial charge in [0.25, 0.3) is 0 Å². The van der Waals surface area contributed by atoms with Crippen LogP contribution in [0.25, 0.3) is 0 Å². The molecule has 150 valence electrons. The Kier molecular flexibility index (Phi) is 11.9. The van der Waals surface area contributed by atoms with Crippen LogP contribution in [0.2, 0.25) is 0 Å². The lowest BCUT2D eigenvalue weighted by Gasteiger charge is -2.35. The van der Waals surface area contributed by atoms with Crippen LogP contribution in [0.3, 0.4) is 0 Å². The van der Waals surface area contributed by atoms with Crippen molar-refractivity contribution in [3.05, 3.63) is 0 Å². The number of hydrogen-bond acceptors (Lipinski definition) is 6. The highest BCUT2D eigenvalue weighted by atomic mass is 16.5. The van der Waals surface area contributed by atoms with E-state index in [1.807, 2.05) is 0 Å². The fourth-order valence-electron chi connectivity index (χ4n) is 2.77. The van der Waals surface area contributed by atoms with Gasteiger partial charge in [-0.1, -0.05) is 0 Å². The molecule has 0 atom stereocenters. The summed E-state index contributed by atoms with van der Waals surface area (Å²) in [5.74, 6) is 0. The maximum absolute atomic E-state index is 5.74. The van der Waals surface area contributed by atoms with Crippen LogP contribution in [0.4, 0.5) is 0 Å². The lowest BCUT2D eigenvalue weighted by atomic mass is 10.1. The van der Waals surface area contributed by atoms with Gasteiger partial charge in [-0.2, -0.15) is 0 Å². The van der Waals surface area contributed by atoms with E-state index in [1.165, 1.54) is 0 Å². The molecule has 1 saturated heterocycles. The molecule has 0 amide bonds. The molecule has 0 saturated carbocycles. The van der Waals surface area contributed by atoms with Crippen molar-refractivity contribution in [1.29, 1.82) is 0 Å². The second-order valence-corrected chi connectivity index (χ2v) is 7.74. The first-order valence-corrected chi connectivity index (χ1v) is 9.71. The van der Waals surface area contributed by atoms with Crippen molar-refractivity contribution in [2.24, 2.45) is 0 Å². The molecule has 1 rings (SSSR count). The van der Waals surface area contributed by atoms with Gasteiger partial charge in [0.05, 0.1) is 52.9 Å². The Morgan fingerprint density at radius 3 is 1.28 bits per heavy atom. The second-order valence-electron chi connectivity index (χ2n) is 7.74. The lowest BCUT2D eigenvalue weighted by Crippen LogP contribution is -2.45. The van der Waals surface area contributed by atoms with E-state index in [2.05, 4.69) is 44.4 Å². The van der Waals surface area contributed by atoms with E-state index < -0.39 is 0 Å². The van der Waals surface area contributed by atoms with Crippen molar-refractivity contribution in [2.75, 3.05) is 79.0 Å². The zero-order valence-corrected chi connectivity index (χ0v) is 17.1. The Labute approximate surface area is 154 Å². The van der Waals surface area contributed by atoms with Crippen LogP contribution in [0, 0.1) is 0 Å². The molecule has 0 aromatic carbocycles. The van der Waals surface area contributed by atoms with Crippen molar-refractivity contribution < 1.29 is 18.9 Å². The van der Waals surface area contributed by atoms with Gasteiger partial charge in [0, 0.05) is 37.8 Å². The molecule has 0 bridgehead atoms. The fourth-order valence-corrected chi connectivity index (χ4v) is 2.77. The van der Waals surface area contributed by atoms with Crippen LogP contribution in [0.15, 0.2) is 0 Å². The minimum atomic E-state index is 0.112. The van der Waals surface area contributed by atoms with E-state index in [0.29, 0.717) is 32.5 Å². The lowest BCUT2D eigenvalue weighted by molar-refractivity contribution is -0.00742. The van der Waals surface area contributed by atoms with Gasteiger partial charge < -0.3 is 18.9 Å². The van der Waals surface area contributed by atoms with Crippen molar-refractivity contribution in [3.63, 3.8) is 0 Å². The molecule has 0 aliphatic carbocycles. The molecule has 0 unspecified atom stereocenters. The van der Waals surface area contributed by atoms with E-state index in [4.69, 9.17) is 18.9 Å². The summed E-state index contributed by atoms with van der Waals surface area (Å²) in [4.78, 5) is 4.78. The summed E-state index contributed by atoms with van der Waals surface area (Å²) >= 11 is 0. The van der Waals surface area contributed by atoms with Gasteiger partial charge in [-0.25, -0.2) is 0 Å². The van der Waals surface area contributed by atoms with Gasteiger partial charge in [0.2, 0.25) is 0 Å². The van der Waals surface area contributed by atoms with Crippen LogP contribution in [-0.2, 0) is 18.9 Å². The van der Waals surface area contributed by atoms with E-state index in [0.717, 1.165) is 52.6 Å². The van der Waals surface area contributed by atoms with Crippen molar-refractivity contribution in [3.8, 4) is 0 Å². The number of hydrogen-bond donors (Lipinski definition) is 0. The highest BCUT2D eigenvalue weighted by molar-refractivity contribution is 4.75. The summed E-state index contributed by atoms with van der Waals surface area (Å²) in [5.41, 5.74) is 0.112. The summed E-state index contributed by atoms with van der Waals surface area (Å²) in [5, 5.41) is 0. The van der Waals surface area contributed by atoms with Gasteiger partial charge >= 0.3 is 0 Å². The number of nitrogens with zero attached hydrogens (tertiary/aromatic N) is 2. The third kappa shape index (κ3) is 11.2. The summed E-state index contributed by atoms with van der Waals surface area (Å²) in [6.45, 7) is 20.3. The van der Waals surface area contributed by atoms with Gasteiger partial charge in [0.1, 0.15) is 0 Å². The average Bonchev–Trinajstić information content (AvgIpc) is 2.53. The molecule has 0 aromatic heterocycles. The molecule has 1 fully saturated rings. The monoisotopic (exact) mass is 360 g/mol. The molecule has 6 heteroatoms. The molecule has 0 spiro atoms. The van der Waals surface area contributed by atoms with Gasteiger partial charge in [-0.3, -0.25) is 9.80 Å². The molecule has 6 nitrogen and oxygen atoms in total. The summed E-state index contributed by atoms with van der Waals surface area (Å²) < 4.78 is 22.9. The van der Waals surface area contributed by atoms with Crippen LogP contribution in [0.1, 0.15) is 34.6 Å². The second kappa shape index (κ2) is 13.0. The minimum absolute atomic E-state index is 0.112. The minimum Gasteiger partial charge on any atom is -0.378 e. The molecule has 0 aromatic rings. The largest absolute Gasteiger partial charge is 0.378 e. The quantitative estimate of drug-likeness (QED) is 0.711. The van der Waals surface area contributed by atoms with E-state index >= 15 is 0 Å². The van der Waals surface area contributed by atoms with Crippen LogP contribution in [-0.4, -0.2) is 100 Å². The Hall–Kier alpha value is -0.240. The Morgan fingerprint density at radius 1 is 0.600 bits per heavy atom. The zero-order chi connectivity index (χ0) is 18.5. The molecular formula is C19H40N2O4. The number of ether oxygens (including phenoxy) is 4. The predicted octanol–water partition coefficient (Wildman–Crippen LogP) is 1.88. The Balaban J connectivity index is 2.41. The third-order valence-corrected chi connectivity index (χ3v) is 4.48. The maximum atomic E-state index is 5.74. The SMILES string of the molecule is CC(C)N1CCOCCOCCN(C(C)(C)C)CCOCCOCC1. The maximum Gasteiger partial charge on any atom is 0.0701 e. The van der Waals surface area contributed by atoms with Gasteiger partial charge in [0.15, 0.2) is 0 Å². The summed E-state index contributed by atoms with van der Waals surface area (Å²) in [6, 6.07) is 0.494. The summed E-state index contributed by atoms with van der Waals surface area (Å²) in [7, 11) is 0. The first kappa shape index (κ1) is 22.8. The van der Waals surface area contributed by atoms with Crippen molar-refractivity contribution in [2.45, 2.75) is 46.2 Å². The Morgan fingerprint density at radius 2 is 0.960 bits per heavy atom. The van der Waals surface area contributed by atoms with Gasteiger partial charge in [-0.05, 0) is 34.6 Å². The van der Waals surface area contributed by atoms with E-state index in [-0.39, 0.29) is 5.54 Å². The van der Waals surface area contributed by atoms with Crippen LogP contribution in [0.5, 0.6) is 0 Å². The first-order chi connectivity index (χ1) is 11.9. The topological polar surface area (TPSA) is 43.4 Å². The fraction of sp³-hybridized carbons (Fsp3) is 1.00. The molecule has 1 aliphatic rings. The molecule has 1 heterocycles. The van der Waals surface area contributed by atoms with E-state index in [1.54, 1.807) is 0 Å². The first-order valence-electron chi connectivity index (χ1n) is 9.71. The molecule has 0 N–H and O–H groups in total. The standard InChI is InChI=1S/C19H40N2O4/c1-18(2)20-6-10-22-14-16-24-12-8-21(19(3,4)5)9-13-25-17-15-23-11-7-20/h18H,6-17H2,1-5H3. The normalized spacial score (nSPS) is 23.3. The zero-order valence-electron chi connectivity index (χ0n) is 17.1. The average molecular weight is 361 g/mol. The molecular weight excluding hydrogens is 320 g/mol. The smallest absolute Gasteiger partial charge is 0.0701 e. The molecule has 25 heavy (non-hydrogen) atoms. The Bertz CT molecular complexity index is 301. The van der Waals surface area contributed by atoms with Gasteiger partial charge in [-0.15, -0.1) is 0 Å². The highest BCUT2D eigenvalue weighted by Gasteiger charge is 2.20. The van der Waals surface area contributed by atoms with Crippen molar-refractivity contribution in [1.82, 2.24) is 9.80 Å². The predicted molar refractivity (Wildman–Crippen MR) is 101 cm³/mol. The van der Waals surface area contributed by atoms with Crippen LogP contribution >= 0.6 is 0 Å². The van der Waals surface area contributed by atoms with Crippen LogP contribution < -0.4 is 0 Å². The van der Waals surface area contributed by atoms with Crippen molar-refractivity contribution >= 4 is 0 Å². The number of rotatable bonds is 1. The van der Waals surface area contributed by atoms with E-state index in [9.17, 15) is 0 Å². The third-order valence-electron chi connectivity index (χ3n) is 4.48.